The van der Waals surface area contributed by atoms with E-state index in [1.165, 1.54) is 11.3 Å². The maximum atomic E-state index is 12.6. The first-order valence-corrected chi connectivity index (χ1v) is 10.2. The number of carbonyl (C=O) groups is 2. The fourth-order valence-electron chi connectivity index (χ4n) is 3.10. The molecule has 7 heteroatoms. The number of nitrogens with zero attached hydrogens (tertiary/aromatic N) is 2. The lowest BCUT2D eigenvalue weighted by Gasteiger charge is -2.09. The van der Waals surface area contributed by atoms with Gasteiger partial charge in [0.05, 0.1) is 0 Å². The van der Waals surface area contributed by atoms with Crippen LogP contribution >= 0.6 is 11.3 Å². The third-order valence-corrected chi connectivity index (χ3v) is 5.25. The Kier molecular flexibility index (Phi) is 5.39. The summed E-state index contributed by atoms with van der Waals surface area (Å²) in [7, 11) is 0. The van der Waals surface area contributed by atoms with Crippen molar-refractivity contribution in [2.45, 2.75) is 13.3 Å². The molecule has 0 aliphatic carbocycles. The number of aryl methyl sites for hydroxylation is 1. The fraction of sp³-hybridized carbons (Fsp3) is 0.136. The monoisotopic (exact) mass is 404 g/mol. The Bertz CT molecular complexity index is 1150. The second-order valence-corrected chi connectivity index (χ2v) is 7.41. The minimum absolute atomic E-state index is 0.170. The van der Waals surface area contributed by atoms with Gasteiger partial charge in [0.15, 0.2) is 0 Å². The first kappa shape index (κ1) is 18.9. The highest BCUT2D eigenvalue weighted by molar-refractivity contribution is 7.08. The summed E-state index contributed by atoms with van der Waals surface area (Å²) in [6, 6.07) is 15.4. The summed E-state index contributed by atoms with van der Waals surface area (Å²) in [6.45, 7) is 2.25. The lowest BCUT2D eigenvalue weighted by Crippen LogP contribution is -2.27. The molecule has 0 spiro atoms. The lowest BCUT2D eigenvalue weighted by atomic mass is 10.1. The van der Waals surface area contributed by atoms with Gasteiger partial charge < -0.3 is 10.6 Å². The number of carbonyl (C=O) groups excluding carboxylic acids is 2. The van der Waals surface area contributed by atoms with Crippen molar-refractivity contribution in [1.29, 1.82) is 0 Å². The number of thiophene rings is 1. The van der Waals surface area contributed by atoms with Crippen LogP contribution in [0.25, 0.3) is 16.9 Å². The van der Waals surface area contributed by atoms with Gasteiger partial charge in [0, 0.05) is 35.7 Å². The van der Waals surface area contributed by atoms with E-state index >= 15 is 0 Å². The van der Waals surface area contributed by atoms with Gasteiger partial charge >= 0.3 is 0 Å². The van der Waals surface area contributed by atoms with Crippen molar-refractivity contribution in [3.05, 3.63) is 76.6 Å². The third-order valence-electron chi connectivity index (χ3n) is 4.57. The average Bonchev–Trinajstić information content (AvgIpc) is 3.38. The summed E-state index contributed by atoms with van der Waals surface area (Å²) < 4.78 is 1.89. The van der Waals surface area contributed by atoms with Crippen molar-refractivity contribution >= 4 is 34.6 Å². The van der Waals surface area contributed by atoms with Crippen molar-refractivity contribution in [3.63, 3.8) is 0 Å². The molecule has 0 atom stereocenters. The van der Waals surface area contributed by atoms with Crippen molar-refractivity contribution in [1.82, 2.24) is 14.7 Å². The van der Waals surface area contributed by atoms with Gasteiger partial charge in [0.25, 0.3) is 5.91 Å². The van der Waals surface area contributed by atoms with Gasteiger partial charge in [-0.05, 0) is 30.0 Å². The minimum atomic E-state index is -0.184. The Morgan fingerprint density at radius 3 is 2.69 bits per heavy atom. The second-order valence-electron chi connectivity index (χ2n) is 6.63. The van der Waals surface area contributed by atoms with Crippen LogP contribution in [0.2, 0.25) is 0 Å². The molecule has 0 bridgehead atoms. The molecule has 0 saturated carbocycles. The lowest BCUT2D eigenvalue weighted by molar-refractivity contribution is -0.116. The predicted molar refractivity (Wildman–Crippen MR) is 115 cm³/mol. The Labute approximate surface area is 172 Å². The molecule has 0 radical (unpaired) electrons. The van der Waals surface area contributed by atoms with Crippen molar-refractivity contribution < 1.29 is 9.59 Å². The Balaban J connectivity index is 1.53. The van der Waals surface area contributed by atoms with Crippen LogP contribution in [0.4, 0.5) is 5.82 Å². The molecule has 3 heterocycles. The van der Waals surface area contributed by atoms with E-state index < -0.39 is 0 Å². The highest BCUT2D eigenvalue weighted by Crippen LogP contribution is 2.29. The van der Waals surface area contributed by atoms with Crippen LogP contribution in [0, 0.1) is 6.92 Å². The zero-order valence-electron chi connectivity index (χ0n) is 15.9. The molecule has 4 aromatic rings. The van der Waals surface area contributed by atoms with Crippen molar-refractivity contribution in [3.8, 4) is 11.3 Å². The van der Waals surface area contributed by atoms with Gasteiger partial charge in [0.2, 0.25) is 5.91 Å². The number of benzene rings is 1. The predicted octanol–water partition coefficient (Wildman–Crippen LogP) is 4.13. The van der Waals surface area contributed by atoms with E-state index in [-0.39, 0.29) is 24.8 Å². The number of imidazole rings is 1. The van der Waals surface area contributed by atoms with Crippen molar-refractivity contribution in [2.24, 2.45) is 0 Å². The Hall–Kier alpha value is -3.45. The van der Waals surface area contributed by atoms with E-state index in [1.54, 1.807) is 11.4 Å². The normalized spacial score (nSPS) is 10.8. The SMILES string of the molecule is Cc1cccn2c(NC(=O)CCNC(=O)c3ccsc3)c(-c3ccccc3)nc12. The molecule has 0 unspecified atom stereocenters. The van der Waals surface area contributed by atoms with Gasteiger partial charge in [-0.25, -0.2) is 4.98 Å². The van der Waals surface area contributed by atoms with Gasteiger partial charge in [-0.3, -0.25) is 14.0 Å². The molecule has 4 rings (SSSR count). The van der Waals surface area contributed by atoms with Gasteiger partial charge in [-0.15, -0.1) is 0 Å². The molecule has 0 aliphatic rings. The van der Waals surface area contributed by atoms with E-state index in [1.807, 2.05) is 65.4 Å². The molecule has 3 aromatic heterocycles. The number of anilines is 1. The summed E-state index contributed by atoms with van der Waals surface area (Å²) in [6.07, 6.45) is 2.05. The number of hydrogen-bond acceptors (Lipinski definition) is 4. The Morgan fingerprint density at radius 2 is 1.93 bits per heavy atom. The van der Waals surface area contributed by atoms with E-state index in [0.29, 0.717) is 11.4 Å². The van der Waals surface area contributed by atoms with Crippen LogP contribution in [-0.2, 0) is 4.79 Å². The maximum absolute atomic E-state index is 12.6. The molecular weight excluding hydrogens is 384 g/mol. The smallest absolute Gasteiger partial charge is 0.252 e. The molecule has 2 amide bonds. The summed E-state index contributed by atoms with van der Waals surface area (Å²) in [5, 5.41) is 9.38. The summed E-state index contributed by atoms with van der Waals surface area (Å²) >= 11 is 1.46. The molecular formula is C22H20N4O2S. The molecule has 0 fully saturated rings. The largest absolute Gasteiger partial charge is 0.351 e. The number of aromatic nitrogens is 2. The van der Waals surface area contributed by atoms with Crippen LogP contribution in [0.5, 0.6) is 0 Å². The van der Waals surface area contributed by atoms with E-state index in [9.17, 15) is 9.59 Å². The van der Waals surface area contributed by atoms with Crippen LogP contribution in [0.15, 0.2) is 65.5 Å². The van der Waals surface area contributed by atoms with Gasteiger partial charge in [0.1, 0.15) is 17.2 Å². The van der Waals surface area contributed by atoms with Crippen LogP contribution in [0.3, 0.4) is 0 Å². The van der Waals surface area contributed by atoms with E-state index in [2.05, 4.69) is 10.6 Å². The fourth-order valence-corrected chi connectivity index (χ4v) is 3.74. The third kappa shape index (κ3) is 4.05. The maximum Gasteiger partial charge on any atom is 0.252 e. The topological polar surface area (TPSA) is 75.5 Å². The zero-order chi connectivity index (χ0) is 20.2. The van der Waals surface area contributed by atoms with E-state index in [4.69, 9.17) is 4.98 Å². The van der Waals surface area contributed by atoms with Crippen LogP contribution in [-0.4, -0.2) is 27.7 Å². The number of amides is 2. The van der Waals surface area contributed by atoms with Crippen LogP contribution < -0.4 is 10.6 Å². The molecule has 2 N–H and O–H groups in total. The number of rotatable bonds is 6. The first-order valence-electron chi connectivity index (χ1n) is 9.27. The highest BCUT2D eigenvalue weighted by Gasteiger charge is 2.17. The molecule has 6 nitrogen and oxygen atoms in total. The quantitative estimate of drug-likeness (QED) is 0.507. The summed E-state index contributed by atoms with van der Waals surface area (Å²) in [5.74, 6) is 0.273. The number of hydrogen-bond donors (Lipinski definition) is 2. The minimum Gasteiger partial charge on any atom is -0.351 e. The summed E-state index contributed by atoms with van der Waals surface area (Å²) in [4.78, 5) is 29.4. The number of nitrogens with one attached hydrogen (secondary N) is 2. The highest BCUT2D eigenvalue weighted by atomic mass is 32.1. The molecule has 29 heavy (non-hydrogen) atoms. The number of pyridine rings is 1. The van der Waals surface area contributed by atoms with Gasteiger partial charge in [-0.1, -0.05) is 36.4 Å². The average molecular weight is 404 g/mol. The first-order chi connectivity index (χ1) is 14.1. The zero-order valence-corrected chi connectivity index (χ0v) is 16.7. The standard InChI is InChI=1S/C22H20N4O2S/c1-15-6-5-12-26-20(15)25-19(16-7-3-2-4-8-16)21(26)24-18(27)9-11-23-22(28)17-10-13-29-14-17/h2-8,10,12-14H,9,11H2,1H3,(H,23,28)(H,24,27). The Morgan fingerprint density at radius 1 is 1.10 bits per heavy atom. The molecule has 1 aromatic carbocycles. The van der Waals surface area contributed by atoms with Gasteiger partial charge in [-0.2, -0.15) is 11.3 Å². The van der Waals surface area contributed by atoms with Crippen LogP contribution in [0.1, 0.15) is 22.3 Å². The summed E-state index contributed by atoms with van der Waals surface area (Å²) in [5.41, 5.74) is 4.08. The second kappa shape index (κ2) is 8.28. The number of fused-ring (bicyclic) bond motifs is 1. The molecule has 146 valence electrons. The van der Waals surface area contributed by atoms with Crippen molar-refractivity contribution in [2.75, 3.05) is 11.9 Å². The van der Waals surface area contributed by atoms with E-state index in [0.717, 1.165) is 22.5 Å². The molecule has 0 saturated heterocycles. The molecule has 0 aliphatic heterocycles.